The minimum absolute atomic E-state index is 0.0422. The third kappa shape index (κ3) is 4.14. The Morgan fingerprint density at radius 3 is 2.58 bits per heavy atom. The zero-order valence-electron chi connectivity index (χ0n) is 10.5. The number of nitrogens with two attached hydrogens (primary N) is 1. The highest BCUT2D eigenvalue weighted by Gasteiger charge is 2.36. The monoisotopic (exact) mass is 351 g/mol. The SMILES string of the molecule is NC(Cc1ccc(Br)cc1Cl)C1CCC(F)(F)CC1. The lowest BCUT2D eigenvalue weighted by molar-refractivity contribution is -0.0481. The van der Waals surface area contributed by atoms with E-state index in [1.54, 1.807) is 0 Å². The maximum Gasteiger partial charge on any atom is 0.248 e. The Morgan fingerprint density at radius 2 is 2.00 bits per heavy atom. The predicted molar refractivity (Wildman–Crippen MR) is 77.7 cm³/mol. The van der Waals surface area contributed by atoms with Crippen LogP contribution in [0.3, 0.4) is 0 Å². The van der Waals surface area contributed by atoms with Gasteiger partial charge in [0.25, 0.3) is 0 Å². The summed E-state index contributed by atoms with van der Waals surface area (Å²) in [6.45, 7) is 0. The zero-order chi connectivity index (χ0) is 14.0. The van der Waals surface area contributed by atoms with Gasteiger partial charge in [-0.05, 0) is 42.9 Å². The van der Waals surface area contributed by atoms with Crippen molar-refractivity contribution in [2.45, 2.75) is 44.1 Å². The largest absolute Gasteiger partial charge is 0.327 e. The molecule has 2 N–H and O–H groups in total. The summed E-state index contributed by atoms with van der Waals surface area (Å²) in [4.78, 5) is 0. The van der Waals surface area contributed by atoms with Gasteiger partial charge in [-0.3, -0.25) is 0 Å². The highest BCUT2D eigenvalue weighted by molar-refractivity contribution is 9.10. The Balaban J connectivity index is 1.96. The highest BCUT2D eigenvalue weighted by atomic mass is 79.9. The first-order valence-corrected chi connectivity index (χ1v) is 7.62. The molecule has 0 aliphatic heterocycles. The first-order valence-electron chi connectivity index (χ1n) is 6.45. The van der Waals surface area contributed by atoms with E-state index in [-0.39, 0.29) is 24.8 Å². The molecule has 0 heterocycles. The fourth-order valence-corrected chi connectivity index (χ4v) is 3.35. The Hall–Kier alpha value is -0.190. The van der Waals surface area contributed by atoms with Crippen LogP contribution in [0.1, 0.15) is 31.2 Å². The molecule has 0 radical (unpaired) electrons. The number of alkyl halides is 2. The molecule has 2 rings (SSSR count). The van der Waals surface area contributed by atoms with Crippen LogP contribution in [-0.4, -0.2) is 12.0 Å². The second-order valence-corrected chi connectivity index (χ2v) is 6.62. The minimum atomic E-state index is -2.49. The third-order valence-corrected chi connectivity index (χ3v) is 4.68. The van der Waals surface area contributed by atoms with Gasteiger partial charge in [0.15, 0.2) is 0 Å². The van der Waals surface area contributed by atoms with Gasteiger partial charge in [0, 0.05) is 28.4 Å². The van der Waals surface area contributed by atoms with Crippen molar-refractivity contribution in [3.8, 4) is 0 Å². The van der Waals surface area contributed by atoms with Crippen molar-refractivity contribution >= 4 is 27.5 Å². The van der Waals surface area contributed by atoms with E-state index in [1.807, 2.05) is 18.2 Å². The normalized spacial score (nSPS) is 21.3. The predicted octanol–water partition coefficient (Wildman–Crippen LogP) is 4.80. The molecule has 19 heavy (non-hydrogen) atoms. The van der Waals surface area contributed by atoms with E-state index in [2.05, 4.69) is 15.9 Å². The zero-order valence-corrected chi connectivity index (χ0v) is 12.9. The first kappa shape index (κ1) is 15.2. The van der Waals surface area contributed by atoms with Gasteiger partial charge in [0.1, 0.15) is 0 Å². The number of halogens is 4. The van der Waals surface area contributed by atoms with Gasteiger partial charge < -0.3 is 5.73 Å². The summed E-state index contributed by atoms with van der Waals surface area (Å²) in [6.07, 6.45) is 1.56. The van der Waals surface area contributed by atoms with E-state index in [4.69, 9.17) is 17.3 Å². The van der Waals surface area contributed by atoms with Crippen LogP contribution in [0.5, 0.6) is 0 Å². The average Bonchev–Trinajstić information content (AvgIpc) is 2.32. The molecule has 1 aliphatic rings. The lowest BCUT2D eigenvalue weighted by Gasteiger charge is -2.32. The van der Waals surface area contributed by atoms with Crippen LogP contribution >= 0.6 is 27.5 Å². The van der Waals surface area contributed by atoms with E-state index in [1.165, 1.54) is 0 Å². The van der Waals surface area contributed by atoms with Crippen LogP contribution in [0.4, 0.5) is 8.78 Å². The molecule has 1 nitrogen and oxygen atoms in total. The number of rotatable bonds is 3. The Labute approximate surface area is 125 Å². The smallest absolute Gasteiger partial charge is 0.248 e. The molecule has 1 unspecified atom stereocenters. The first-order chi connectivity index (χ1) is 8.87. The Morgan fingerprint density at radius 1 is 1.37 bits per heavy atom. The maximum atomic E-state index is 13.1. The summed E-state index contributed by atoms with van der Waals surface area (Å²) in [5.74, 6) is -2.33. The van der Waals surface area contributed by atoms with E-state index in [0.717, 1.165) is 10.0 Å². The molecule has 1 atom stereocenters. The van der Waals surface area contributed by atoms with Gasteiger partial charge in [-0.25, -0.2) is 8.78 Å². The van der Waals surface area contributed by atoms with Gasteiger partial charge in [0.05, 0.1) is 0 Å². The fourth-order valence-electron chi connectivity index (χ4n) is 2.60. The molecule has 1 aromatic carbocycles. The van der Waals surface area contributed by atoms with Gasteiger partial charge in [-0.1, -0.05) is 33.6 Å². The van der Waals surface area contributed by atoms with E-state index < -0.39 is 5.92 Å². The molecule has 1 aromatic rings. The van der Waals surface area contributed by atoms with Crippen molar-refractivity contribution in [3.63, 3.8) is 0 Å². The number of hydrogen-bond donors (Lipinski definition) is 1. The lowest BCUT2D eigenvalue weighted by Crippen LogP contribution is -2.37. The van der Waals surface area contributed by atoms with Crippen LogP contribution in [0.25, 0.3) is 0 Å². The summed E-state index contributed by atoms with van der Waals surface area (Å²) in [6, 6.07) is 5.58. The van der Waals surface area contributed by atoms with E-state index in [9.17, 15) is 8.78 Å². The minimum Gasteiger partial charge on any atom is -0.327 e. The van der Waals surface area contributed by atoms with E-state index in [0.29, 0.717) is 24.3 Å². The fraction of sp³-hybridized carbons (Fsp3) is 0.571. The molecule has 0 spiro atoms. The topological polar surface area (TPSA) is 26.0 Å². The molecule has 1 fully saturated rings. The lowest BCUT2D eigenvalue weighted by atomic mass is 9.80. The van der Waals surface area contributed by atoms with Crippen LogP contribution in [0.2, 0.25) is 5.02 Å². The molecular weight excluding hydrogens is 336 g/mol. The number of hydrogen-bond acceptors (Lipinski definition) is 1. The molecule has 0 saturated heterocycles. The molecule has 0 amide bonds. The van der Waals surface area contributed by atoms with Gasteiger partial charge in [-0.15, -0.1) is 0 Å². The second-order valence-electron chi connectivity index (χ2n) is 5.30. The van der Waals surface area contributed by atoms with Crippen molar-refractivity contribution in [1.29, 1.82) is 0 Å². The highest BCUT2D eigenvalue weighted by Crippen LogP contribution is 2.37. The summed E-state index contributed by atoms with van der Waals surface area (Å²) in [5, 5.41) is 0.672. The maximum absolute atomic E-state index is 13.1. The van der Waals surface area contributed by atoms with Crippen molar-refractivity contribution < 1.29 is 8.78 Å². The average molecular weight is 353 g/mol. The van der Waals surface area contributed by atoms with Crippen molar-refractivity contribution in [3.05, 3.63) is 33.3 Å². The molecule has 1 saturated carbocycles. The summed E-state index contributed by atoms with van der Waals surface area (Å²) in [7, 11) is 0. The molecule has 5 heteroatoms. The number of benzene rings is 1. The standard InChI is InChI=1S/C14H17BrClF2N/c15-11-2-1-10(12(16)8-11)7-13(19)9-3-5-14(17,18)6-4-9/h1-2,8-9,13H,3-7,19H2. The van der Waals surface area contributed by atoms with Crippen LogP contribution < -0.4 is 5.73 Å². The van der Waals surface area contributed by atoms with Crippen molar-refractivity contribution in [2.75, 3.05) is 0 Å². The summed E-state index contributed by atoms with van der Waals surface area (Å²) < 4.78 is 27.1. The molecule has 106 valence electrons. The summed E-state index contributed by atoms with van der Waals surface area (Å²) in [5.41, 5.74) is 7.14. The molecule has 0 aromatic heterocycles. The van der Waals surface area contributed by atoms with Gasteiger partial charge in [0.2, 0.25) is 5.92 Å². The molecule has 0 bridgehead atoms. The van der Waals surface area contributed by atoms with Gasteiger partial charge in [-0.2, -0.15) is 0 Å². The van der Waals surface area contributed by atoms with E-state index >= 15 is 0 Å². The second kappa shape index (κ2) is 6.06. The molecule has 1 aliphatic carbocycles. The van der Waals surface area contributed by atoms with Gasteiger partial charge >= 0.3 is 0 Å². The summed E-state index contributed by atoms with van der Waals surface area (Å²) >= 11 is 9.50. The van der Waals surface area contributed by atoms with Crippen molar-refractivity contribution in [1.82, 2.24) is 0 Å². The quantitative estimate of drug-likeness (QED) is 0.831. The van der Waals surface area contributed by atoms with Crippen LogP contribution in [-0.2, 0) is 6.42 Å². The Kier molecular flexibility index (Phi) is 4.85. The third-order valence-electron chi connectivity index (χ3n) is 3.84. The van der Waals surface area contributed by atoms with Crippen LogP contribution in [0, 0.1) is 5.92 Å². The Bertz CT molecular complexity index is 443. The van der Waals surface area contributed by atoms with Crippen LogP contribution in [0.15, 0.2) is 22.7 Å². The van der Waals surface area contributed by atoms with Crippen molar-refractivity contribution in [2.24, 2.45) is 11.7 Å². The molecular formula is C14H17BrClF2N.